The number of benzene rings is 1. The first-order valence-corrected chi connectivity index (χ1v) is 6.51. The second-order valence-electron chi connectivity index (χ2n) is 3.41. The molecule has 0 aliphatic rings. The van der Waals surface area contributed by atoms with Crippen molar-refractivity contribution in [2.45, 2.75) is 18.2 Å². The molecule has 0 amide bonds. The molecule has 1 rings (SSSR count). The molecular formula is C11H14O5S. The van der Waals surface area contributed by atoms with Gasteiger partial charge in [0.25, 0.3) is 10.1 Å². The Bertz CT molecular complexity index is 475. The Morgan fingerprint density at radius 3 is 2.35 bits per heavy atom. The summed E-state index contributed by atoms with van der Waals surface area (Å²) in [6, 6.07) is 6.23. The standard InChI is InChI=1S/C11H14O5S/c1-2-9-3-5-11(6-4-9)17(14,15)16-8-10(13)7-12/h3-6,12H,2,7-8H2,1H3. The van der Waals surface area contributed by atoms with Crippen molar-refractivity contribution in [3.05, 3.63) is 29.8 Å². The van der Waals surface area contributed by atoms with Crippen molar-refractivity contribution in [2.75, 3.05) is 13.2 Å². The summed E-state index contributed by atoms with van der Waals surface area (Å²) in [4.78, 5) is 10.8. The molecule has 0 fully saturated rings. The molecule has 5 nitrogen and oxygen atoms in total. The number of ketones is 1. The highest BCUT2D eigenvalue weighted by Crippen LogP contribution is 2.13. The molecule has 0 aliphatic carbocycles. The topological polar surface area (TPSA) is 80.7 Å². The third-order valence-corrected chi connectivity index (χ3v) is 3.45. The van der Waals surface area contributed by atoms with Crippen LogP contribution in [0.25, 0.3) is 0 Å². The summed E-state index contributed by atoms with van der Waals surface area (Å²) >= 11 is 0. The largest absolute Gasteiger partial charge is 0.388 e. The quantitative estimate of drug-likeness (QED) is 0.752. The molecule has 1 aromatic rings. The molecule has 0 heterocycles. The first-order valence-electron chi connectivity index (χ1n) is 5.10. The Morgan fingerprint density at radius 1 is 1.29 bits per heavy atom. The fourth-order valence-electron chi connectivity index (χ4n) is 1.15. The molecule has 0 unspecified atom stereocenters. The lowest BCUT2D eigenvalue weighted by Gasteiger charge is -2.05. The van der Waals surface area contributed by atoms with Crippen LogP contribution in [0.2, 0.25) is 0 Å². The lowest BCUT2D eigenvalue weighted by molar-refractivity contribution is -0.123. The Kier molecular flexibility index (Phi) is 4.80. The predicted octanol–water partition coefficient (Wildman–Crippen LogP) is 0.516. The Morgan fingerprint density at radius 2 is 1.88 bits per heavy atom. The zero-order chi connectivity index (χ0) is 12.9. The molecule has 0 aliphatic heterocycles. The summed E-state index contributed by atoms with van der Waals surface area (Å²) in [6.07, 6.45) is 0.810. The SMILES string of the molecule is CCc1ccc(S(=O)(=O)OCC(=O)CO)cc1. The molecule has 0 spiro atoms. The zero-order valence-electron chi connectivity index (χ0n) is 9.42. The predicted molar refractivity (Wildman–Crippen MR) is 61.1 cm³/mol. The zero-order valence-corrected chi connectivity index (χ0v) is 10.2. The van der Waals surface area contributed by atoms with Gasteiger partial charge in [0.1, 0.15) is 13.2 Å². The van der Waals surface area contributed by atoms with Gasteiger partial charge in [-0.05, 0) is 24.1 Å². The van der Waals surface area contributed by atoms with Crippen molar-refractivity contribution in [1.29, 1.82) is 0 Å². The molecule has 0 atom stereocenters. The maximum Gasteiger partial charge on any atom is 0.297 e. The van der Waals surface area contributed by atoms with Crippen molar-refractivity contribution in [1.82, 2.24) is 0 Å². The Hall–Kier alpha value is -1.24. The third-order valence-electron chi connectivity index (χ3n) is 2.17. The number of hydrogen-bond acceptors (Lipinski definition) is 5. The molecule has 94 valence electrons. The van der Waals surface area contributed by atoms with Crippen molar-refractivity contribution < 1.29 is 22.5 Å². The number of aryl methyl sites for hydroxylation is 1. The summed E-state index contributed by atoms with van der Waals surface area (Å²) in [5.41, 5.74) is 1.01. The van der Waals surface area contributed by atoms with Gasteiger partial charge in [-0.15, -0.1) is 0 Å². The van der Waals surface area contributed by atoms with Crippen LogP contribution in [0.15, 0.2) is 29.2 Å². The lowest BCUT2D eigenvalue weighted by Crippen LogP contribution is -2.17. The highest BCUT2D eigenvalue weighted by atomic mass is 32.2. The van der Waals surface area contributed by atoms with Gasteiger partial charge in [-0.3, -0.25) is 8.98 Å². The molecule has 17 heavy (non-hydrogen) atoms. The van der Waals surface area contributed by atoms with Gasteiger partial charge in [-0.25, -0.2) is 0 Å². The monoisotopic (exact) mass is 258 g/mol. The average Bonchev–Trinajstić information content (AvgIpc) is 2.36. The van der Waals surface area contributed by atoms with Crippen LogP contribution >= 0.6 is 0 Å². The van der Waals surface area contributed by atoms with E-state index in [9.17, 15) is 13.2 Å². The molecule has 0 aromatic heterocycles. The van der Waals surface area contributed by atoms with E-state index < -0.39 is 29.1 Å². The number of aliphatic hydroxyl groups excluding tert-OH is 1. The number of carbonyl (C=O) groups is 1. The van der Waals surface area contributed by atoms with Crippen LogP contribution in [0.5, 0.6) is 0 Å². The van der Waals surface area contributed by atoms with E-state index in [0.29, 0.717) is 0 Å². The average molecular weight is 258 g/mol. The van der Waals surface area contributed by atoms with E-state index >= 15 is 0 Å². The first-order chi connectivity index (χ1) is 7.99. The van der Waals surface area contributed by atoms with E-state index in [2.05, 4.69) is 4.18 Å². The Labute approximate surface area is 100 Å². The molecule has 0 radical (unpaired) electrons. The first kappa shape index (κ1) is 13.8. The third kappa shape index (κ3) is 3.92. The summed E-state index contributed by atoms with van der Waals surface area (Å²) in [5, 5.41) is 8.45. The molecule has 0 bridgehead atoms. The van der Waals surface area contributed by atoms with Crippen LogP contribution in [-0.2, 0) is 25.5 Å². The molecule has 0 saturated carbocycles. The number of rotatable bonds is 6. The van der Waals surface area contributed by atoms with E-state index in [0.717, 1.165) is 12.0 Å². The van der Waals surface area contributed by atoms with Crippen LogP contribution in [0.4, 0.5) is 0 Å². The number of aliphatic hydroxyl groups is 1. The molecular weight excluding hydrogens is 244 g/mol. The normalized spacial score (nSPS) is 11.4. The van der Waals surface area contributed by atoms with E-state index in [-0.39, 0.29) is 4.90 Å². The number of Topliss-reactive ketones (excluding diaryl/α,β-unsaturated/α-hetero) is 1. The number of hydrogen-bond donors (Lipinski definition) is 1. The van der Waals surface area contributed by atoms with Crippen molar-refractivity contribution in [3.63, 3.8) is 0 Å². The van der Waals surface area contributed by atoms with E-state index in [1.54, 1.807) is 12.1 Å². The van der Waals surface area contributed by atoms with Crippen LogP contribution in [0.1, 0.15) is 12.5 Å². The van der Waals surface area contributed by atoms with E-state index in [1.807, 2.05) is 6.92 Å². The smallest absolute Gasteiger partial charge is 0.297 e. The summed E-state index contributed by atoms with van der Waals surface area (Å²) in [5.74, 6) is -0.682. The van der Waals surface area contributed by atoms with Crippen LogP contribution in [0, 0.1) is 0 Å². The van der Waals surface area contributed by atoms with Gasteiger partial charge in [0.2, 0.25) is 0 Å². The van der Waals surface area contributed by atoms with E-state index in [4.69, 9.17) is 5.11 Å². The fraction of sp³-hybridized carbons (Fsp3) is 0.364. The van der Waals surface area contributed by atoms with Crippen molar-refractivity contribution >= 4 is 15.9 Å². The molecule has 1 N–H and O–H groups in total. The molecule has 0 saturated heterocycles. The summed E-state index contributed by atoms with van der Waals surface area (Å²) < 4.78 is 27.7. The van der Waals surface area contributed by atoms with Crippen molar-refractivity contribution in [2.24, 2.45) is 0 Å². The minimum Gasteiger partial charge on any atom is -0.388 e. The number of carbonyl (C=O) groups excluding carboxylic acids is 1. The van der Waals surface area contributed by atoms with Gasteiger partial charge in [-0.2, -0.15) is 8.42 Å². The fourth-order valence-corrected chi connectivity index (χ4v) is 2.04. The van der Waals surface area contributed by atoms with E-state index in [1.165, 1.54) is 12.1 Å². The van der Waals surface area contributed by atoms with Crippen LogP contribution in [-0.4, -0.2) is 32.5 Å². The highest BCUT2D eigenvalue weighted by molar-refractivity contribution is 7.86. The van der Waals surface area contributed by atoms with Gasteiger partial charge in [-0.1, -0.05) is 19.1 Å². The lowest BCUT2D eigenvalue weighted by atomic mass is 10.2. The maximum absolute atomic E-state index is 11.6. The highest BCUT2D eigenvalue weighted by Gasteiger charge is 2.16. The second-order valence-corrected chi connectivity index (χ2v) is 5.03. The minimum atomic E-state index is -3.92. The maximum atomic E-state index is 11.6. The van der Waals surface area contributed by atoms with Gasteiger partial charge in [0.15, 0.2) is 5.78 Å². The van der Waals surface area contributed by atoms with Crippen LogP contribution in [0.3, 0.4) is 0 Å². The molecule has 6 heteroatoms. The van der Waals surface area contributed by atoms with Gasteiger partial charge in [0.05, 0.1) is 4.90 Å². The molecule has 1 aromatic carbocycles. The van der Waals surface area contributed by atoms with Crippen LogP contribution < -0.4 is 0 Å². The Balaban J connectivity index is 2.78. The summed E-state index contributed by atoms with van der Waals surface area (Å²) in [7, 11) is -3.92. The summed E-state index contributed by atoms with van der Waals surface area (Å²) in [6.45, 7) is 0.582. The van der Waals surface area contributed by atoms with Gasteiger partial charge < -0.3 is 5.11 Å². The van der Waals surface area contributed by atoms with Gasteiger partial charge in [0, 0.05) is 0 Å². The van der Waals surface area contributed by atoms with Crippen molar-refractivity contribution in [3.8, 4) is 0 Å². The second kappa shape index (κ2) is 5.90. The van der Waals surface area contributed by atoms with Gasteiger partial charge >= 0.3 is 0 Å². The minimum absolute atomic E-state index is 0.000407.